The van der Waals surface area contributed by atoms with Gasteiger partial charge >= 0.3 is 0 Å². The second-order valence-electron chi connectivity index (χ2n) is 4.33. The maximum absolute atomic E-state index is 11.3. The molecule has 0 radical (unpaired) electrons. The van der Waals surface area contributed by atoms with Crippen LogP contribution in [0.3, 0.4) is 0 Å². The summed E-state index contributed by atoms with van der Waals surface area (Å²) >= 11 is 0. The Balaban J connectivity index is 1.91. The molecule has 0 aliphatic carbocycles. The Bertz CT molecular complexity index is 640. The number of aryl methyl sites for hydroxylation is 1. The highest BCUT2D eigenvalue weighted by Crippen LogP contribution is 2.17. The Labute approximate surface area is 123 Å². The van der Waals surface area contributed by atoms with Crippen molar-refractivity contribution in [2.24, 2.45) is 0 Å². The first kappa shape index (κ1) is 14.6. The molecule has 2 rings (SSSR count). The van der Waals surface area contributed by atoms with Crippen LogP contribution in [0.2, 0.25) is 0 Å². The molecule has 0 spiro atoms. The lowest BCUT2D eigenvalue weighted by molar-refractivity contribution is -0.115. The number of nitrogens with one attached hydrogen (secondary N) is 1. The van der Waals surface area contributed by atoms with Crippen LogP contribution in [0.15, 0.2) is 36.5 Å². The zero-order chi connectivity index (χ0) is 15.1. The van der Waals surface area contributed by atoms with Crippen molar-refractivity contribution in [3.8, 4) is 11.8 Å². The monoisotopic (exact) mass is 284 g/mol. The summed E-state index contributed by atoms with van der Waals surface area (Å²) in [6, 6.07) is 10.7. The third-order valence-corrected chi connectivity index (χ3v) is 2.87. The molecule has 0 fully saturated rings. The third-order valence-electron chi connectivity index (χ3n) is 2.87. The van der Waals surface area contributed by atoms with Crippen molar-refractivity contribution in [3.63, 3.8) is 0 Å². The zero-order valence-corrected chi connectivity index (χ0v) is 11.7. The second-order valence-corrected chi connectivity index (χ2v) is 4.33. The maximum Gasteiger partial charge on any atom is 0.238 e. The van der Waals surface area contributed by atoms with Gasteiger partial charge < -0.3 is 10.1 Å². The molecule has 0 atom stereocenters. The van der Waals surface area contributed by atoms with Gasteiger partial charge in [0.1, 0.15) is 18.8 Å². The van der Waals surface area contributed by atoms with Crippen LogP contribution in [0.4, 0.5) is 5.69 Å². The minimum atomic E-state index is -0.321. The lowest BCUT2D eigenvalue weighted by Crippen LogP contribution is -2.10. The Morgan fingerprint density at radius 1 is 1.38 bits per heavy atom. The number of nitriles is 1. The smallest absolute Gasteiger partial charge is 0.238 e. The van der Waals surface area contributed by atoms with Gasteiger partial charge in [-0.1, -0.05) is 0 Å². The summed E-state index contributed by atoms with van der Waals surface area (Å²) in [6.45, 7) is 3.26. The number of benzene rings is 1. The average Bonchev–Trinajstić information content (AvgIpc) is 2.94. The normalized spacial score (nSPS) is 9.90. The van der Waals surface area contributed by atoms with E-state index in [9.17, 15) is 4.79 Å². The summed E-state index contributed by atoms with van der Waals surface area (Å²) in [6.07, 6.45) is 1.59. The van der Waals surface area contributed by atoms with E-state index >= 15 is 0 Å². The molecule has 6 nitrogen and oxygen atoms in total. The standard InChI is InChI=1S/C15H16N4O2/c1-2-19-13(8-10-17-19)11-21-14-5-3-12(4-6-14)18-15(20)7-9-16/h3-6,8,10H,2,7,11H2,1H3,(H,18,20). The van der Waals surface area contributed by atoms with Crippen LogP contribution in [0.1, 0.15) is 19.0 Å². The number of ether oxygens (including phenoxy) is 1. The van der Waals surface area contributed by atoms with Crippen molar-refractivity contribution >= 4 is 11.6 Å². The largest absolute Gasteiger partial charge is 0.487 e. The van der Waals surface area contributed by atoms with Crippen molar-refractivity contribution in [2.45, 2.75) is 26.5 Å². The fourth-order valence-corrected chi connectivity index (χ4v) is 1.84. The number of hydrogen-bond acceptors (Lipinski definition) is 4. The van der Waals surface area contributed by atoms with Crippen LogP contribution >= 0.6 is 0 Å². The Morgan fingerprint density at radius 2 is 2.14 bits per heavy atom. The zero-order valence-electron chi connectivity index (χ0n) is 11.7. The molecule has 108 valence electrons. The van der Waals surface area contributed by atoms with E-state index in [0.717, 1.165) is 12.2 Å². The summed E-state index contributed by atoms with van der Waals surface area (Å²) in [4.78, 5) is 11.3. The molecule has 2 aromatic rings. The van der Waals surface area contributed by atoms with Gasteiger partial charge in [-0.2, -0.15) is 10.4 Å². The van der Waals surface area contributed by atoms with Crippen molar-refractivity contribution < 1.29 is 9.53 Å². The highest BCUT2D eigenvalue weighted by atomic mass is 16.5. The van der Waals surface area contributed by atoms with Crippen molar-refractivity contribution in [2.75, 3.05) is 5.32 Å². The number of amides is 1. The quantitative estimate of drug-likeness (QED) is 0.882. The van der Waals surface area contributed by atoms with Gasteiger partial charge in [0.05, 0.1) is 11.8 Å². The van der Waals surface area contributed by atoms with E-state index in [-0.39, 0.29) is 12.3 Å². The number of carbonyl (C=O) groups excluding carboxylic acids is 1. The minimum Gasteiger partial charge on any atom is -0.487 e. The van der Waals surface area contributed by atoms with E-state index in [1.54, 1.807) is 36.5 Å². The third kappa shape index (κ3) is 4.08. The van der Waals surface area contributed by atoms with Gasteiger partial charge in [0.2, 0.25) is 5.91 Å². The molecule has 6 heteroatoms. The second kappa shape index (κ2) is 7.10. The molecule has 0 unspecified atom stereocenters. The molecule has 0 aliphatic rings. The highest BCUT2D eigenvalue weighted by Gasteiger charge is 2.03. The van der Waals surface area contributed by atoms with Gasteiger partial charge in [-0.05, 0) is 37.3 Å². The Hall–Kier alpha value is -2.81. The molecule has 0 saturated heterocycles. The molecule has 1 aromatic heterocycles. The van der Waals surface area contributed by atoms with Crippen LogP contribution in [-0.4, -0.2) is 15.7 Å². The lowest BCUT2D eigenvalue weighted by Gasteiger charge is -2.09. The summed E-state index contributed by atoms with van der Waals surface area (Å²) in [5, 5.41) is 15.2. The molecule has 0 saturated carbocycles. The number of anilines is 1. The molecule has 1 amide bonds. The van der Waals surface area contributed by atoms with Crippen molar-refractivity contribution in [3.05, 3.63) is 42.2 Å². The van der Waals surface area contributed by atoms with E-state index in [2.05, 4.69) is 10.4 Å². The molecule has 1 aromatic carbocycles. The summed E-state index contributed by atoms with van der Waals surface area (Å²) in [5.74, 6) is 0.384. The van der Waals surface area contributed by atoms with E-state index in [0.29, 0.717) is 18.0 Å². The van der Waals surface area contributed by atoms with Crippen molar-refractivity contribution in [1.82, 2.24) is 9.78 Å². The van der Waals surface area contributed by atoms with E-state index in [1.807, 2.05) is 17.7 Å². The predicted molar refractivity (Wildman–Crippen MR) is 77.5 cm³/mol. The summed E-state index contributed by atoms with van der Waals surface area (Å²) in [7, 11) is 0. The number of nitrogens with zero attached hydrogens (tertiary/aromatic N) is 3. The molecule has 0 bridgehead atoms. The SMILES string of the molecule is CCn1nccc1COc1ccc(NC(=O)CC#N)cc1. The molecule has 1 N–H and O–H groups in total. The van der Waals surface area contributed by atoms with Crippen LogP contribution in [0.25, 0.3) is 0 Å². The van der Waals surface area contributed by atoms with Gasteiger partial charge in [-0.25, -0.2) is 0 Å². The van der Waals surface area contributed by atoms with Gasteiger partial charge in [0.25, 0.3) is 0 Å². The number of aromatic nitrogens is 2. The van der Waals surface area contributed by atoms with E-state index < -0.39 is 0 Å². The first-order chi connectivity index (χ1) is 10.2. The minimum absolute atomic E-state index is 0.154. The first-order valence-corrected chi connectivity index (χ1v) is 6.63. The predicted octanol–water partition coefficient (Wildman–Crippen LogP) is 2.33. The topological polar surface area (TPSA) is 79.9 Å². The molecular weight excluding hydrogens is 268 g/mol. The molecular formula is C15H16N4O2. The first-order valence-electron chi connectivity index (χ1n) is 6.63. The summed E-state index contributed by atoms with van der Waals surface area (Å²) < 4.78 is 7.55. The van der Waals surface area contributed by atoms with E-state index in [1.165, 1.54) is 0 Å². The van der Waals surface area contributed by atoms with Crippen LogP contribution in [0, 0.1) is 11.3 Å². The van der Waals surface area contributed by atoms with Crippen molar-refractivity contribution in [1.29, 1.82) is 5.26 Å². The van der Waals surface area contributed by atoms with Crippen LogP contribution < -0.4 is 10.1 Å². The van der Waals surface area contributed by atoms with Gasteiger partial charge in [0.15, 0.2) is 0 Å². The van der Waals surface area contributed by atoms with Gasteiger partial charge in [-0.3, -0.25) is 9.48 Å². The summed E-state index contributed by atoms with van der Waals surface area (Å²) in [5.41, 5.74) is 1.64. The molecule has 21 heavy (non-hydrogen) atoms. The molecule has 1 heterocycles. The lowest BCUT2D eigenvalue weighted by atomic mass is 10.3. The maximum atomic E-state index is 11.3. The van der Waals surface area contributed by atoms with Crippen LogP contribution in [-0.2, 0) is 17.9 Å². The fraction of sp³-hybridized carbons (Fsp3) is 0.267. The van der Waals surface area contributed by atoms with Gasteiger partial charge in [-0.15, -0.1) is 0 Å². The Morgan fingerprint density at radius 3 is 2.81 bits per heavy atom. The average molecular weight is 284 g/mol. The number of carbonyl (C=O) groups is 1. The molecule has 0 aliphatic heterocycles. The number of rotatable bonds is 6. The Kier molecular flexibility index (Phi) is 4.94. The fourth-order valence-electron chi connectivity index (χ4n) is 1.84. The highest BCUT2D eigenvalue weighted by molar-refractivity contribution is 5.92. The van der Waals surface area contributed by atoms with Crippen LogP contribution in [0.5, 0.6) is 5.75 Å². The van der Waals surface area contributed by atoms with E-state index in [4.69, 9.17) is 10.00 Å². The van der Waals surface area contributed by atoms with Gasteiger partial charge in [0, 0.05) is 18.4 Å². The number of hydrogen-bond donors (Lipinski definition) is 1.